The summed E-state index contributed by atoms with van der Waals surface area (Å²) in [4.78, 5) is 11.3. The number of carbonyl (C=O) groups excluding carboxylic acids is 1. The molecule has 0 radical (unpaired) electrons. The van der Waals surface area contributed by atoms with Crippen LogP contribution in [0.1, 0.15) is 25.5 Å². The summed E-state index contributed by atoms with van der Waals surface area (Å²) in [5.74, 6) is -0.164. The van der Waals surface area contributed by atoms with Crippen LogP contribution in [-0.2, 0) is 4.79 Å². The smallest absolute Gasteiger partial charge is 0.237 e. The van der Waals surface area contributed by atoms with Crippen molar-refractivity contribution in [3.8, 4) is 0 Å². The molecule has 3 nitrogen and oxygen atoms in total. The van der Waals surface area contributed by atoms with E-state index in [9.17, 15) is 4.79 Å². The molecule has 0 aliphatic rings. The van der Waals surface area contributed by atoms with Gasteiger partial charge in [0.15, 0.2) is 0 Å². The second kappa shape index (κ2) is 6.74. The van der Waals surface area contributed by atoms with Crippen LogP contribution in [0.4, 0.5) is 0 Å². The van der Waals surface area contributed by atoms with Crippen molar-refractivity contribution in [3.63, 3.8) is 0 Å². The molecule has 90 valence electrons. The zero-order chi connectivity index (χ0) is 11.4. The third-order valence-electron chi connectivity index (χ3n) is 2.12. The van der Waals surface area contributed by atoms with Crippen LogP contribution >= 0.6 is 24.0 Å². The Morgan fingerprint density at radius 3 is 2.56 bits per heavy atom. The first-order chi connectivity index (χ1) is 7.00. The first-order valence-corrected chi connectivity index (χ1v) is 5.20. The molecule has 3 N–H and O–H groups in total. The lowest BCUT2D eigenvalue weighted by Gasteiger charge is -2.16. The SMILES string of the molecule is C[C@@H](N)C(=O)N[C@H](C)c1cccc(Cl)c1.Cl. The summed E-state index contributed by atoms with van der Waals surface area (Å²) >= 11 is 5.85. The lowest BCUT2D eigenvalue weighted by molar-refractivity contribution is -0.122. The molecule has 0 aromatic heterocycles. The Kier molecular flexibility index (Phi) is 6.41. The first kappa shape index (κ1) is 15.2. The number of amides is 1. The Bertz CT molecular complexity index is 356. The Morgan fingerprint density at radius 1 is 1.44 bits per heavy atom. The van der Waals surface area contributed by atoms with Crippen LogP contribution in [0.5, 0.6) is 0 Å². The van der Waals surface area contributed by atoms with Crippen molar-refractivity contribution in [3.05, 3.63) is 34.9 Å². The fourth-order valence-electron chi connectivity index (χ4n) is 1.20. The van der Waals surface area contributed by atoms with Gasteiger partial charge in [-0.15, -0.1) is 12.4 Å². The topological polar surface area (TPSA) is 55.1 Å². The Hall–Kier alpha value is -0.770. The highest BCUT2D eigenvalue weighted by Gasteiger charge is 2.12. The zero-order valence-corrected chi connectivity index (χ0v) is 10.8. The maximum Gasteiger partial charge on any atom is 0.237 e. The molecule has 0 saturated carbocycles. The second-order valence-corrected chi connectivity index (χ2v) is 4.01. The lowest BCUT2D eigenvalue weighted by Crippen LogP contribution is -2.39. The normalized spacial score (nSPS) is 13.5. The Balaban J connectivity index is 0.00000225. The molecule has 5 heteroatoms. The molecule has 0 saturated heterocycles. The van der Waals surface area contributed by atoms with Gasteiger partial charge < -0.3 is 11.1 Å². The number of halogens is 2. The van der Waals surface area contributed by atoms with E-state index in [2.05, 4.69) is 5.32 Å². The van der Waals surface area contributed by atoms with Crippen molar-refractivity contribution in [2.24, 2.45) is 5.73 Å². The van der Waals surface area contributed by atoms with Crippen molar-refractivity contribution in [1.29, 1.82) is 0 Å². The maximum absolute atomic E-state index is 11.3. The van der Waals surface area contributed by atoms with Crippen molar-refractivity contribution < 1.29 is 4.79 Å². The van der Waals surface area contributed by atoms with Crippen LogP contribution in [0, 0.1) is 0 Å². The number of benzene rings is 1. The highest BCUT2D eigenvalue weighted by Crippen LogP contribution is 2.17. The van der Waals surface area contributed by atoms with Crippen LogP contribution < -0.4 is 11.1 Å². The highest BCUT2D eigenvalue weighted by atomic mass is 35.5. The average molecular weight is 263 g/mol. The van der Waals surface area contributed by atoms with Gasteiger partial charge >= 0.3 is 0 Å². The molecule has 0 aliphatic carbocycles. The molecule has 16 heavy (non-hydrogen) atoms. The predicted molar refractivity (Wildman–Crippen MR) is 68.9 cm³/mol. The van der Waals surface area contributed by atoms with Gasteiger partial charge in [0.1, 0.15) is 0 Å². The summed E-state index contributed by atoms with van der Waals surface area (Å²) in [6, 6.07) is 6.82. The Labute approximate surface area is 107 Å². The molecule has 1 aromatic carbocycles. The van der Waals surface area contributed by atoms with Crippen molar-refractivity contribution in [2.75, 3.05) is 0 Å². The van der Waals surface area contributed by atoms with Crippen LogP contribution in [0.3, 0.4) is 0 Å². The molecule has 0 spiro atoms. The molecule has 0 fully saturated rings. The number of nitrogens with two attached hydrogens (primary N) is 1. The monoisotopic (exact) mass is 262 g/mol. The average Bonchev–Trinajstić information content (AvgIpc) is 2.17. The van der Waals surface area contributed by atoms with E-state index < -0.39 is 6.04 Å². The molecule has 2 atom stereocenters. The van der Waals surface area contributed by atoms with E-state index in [1.807, 2.05) is 25.1 Å². The number of rotatable bonds is 3. The van der Waals surface area contributed by atoms with Crippen LogP contribution in [0.25, 0.3) is 0 Å². The minimum Gasteiger partial charge on any atom is -0.348 e. The third kappa shape index (κ3) is 4.39. The summed E-state index contributed by atoms with van der Waals surface area (Å²) in [7, 11) is 0. The zero-order valence-electron chi connectivity index (χ0n) is 9.24. The number of hydrogen-bond acceptors (Lipinski definition) is 2. The Morgan fingerprint density at radius 2 is 2.06 bits per heavy atom. The highest BCUT2D eigenvalue weighted by molar-refractivity contribution is 6.30. The molecule has 1 rings (SSSR count). The predicted octanol–water partition coefficient (Wildman–Crippen LogP) is 2.29. The maximum atomic E-state index is 11.3. The van der Waals surface area contributed by atoms with Crippen LogP contribution in [-0.4, -0.2) is 11.9 Å². The quantitative estimate of drug-likeness (QED) is 0.879. The molecule has 0 heterocycles. The van der Waals surface area contributed by atoms with E-state index in [0.29, 0.717) is 5.02 Å². The largest absolute Gasteiger partial charge is 0.348 e. The molecular weight excluding hydrogens is 247 g/mol. The van der Waals surface area contributed by atoms with Gasteiger partial charge in [-0.1, -0.05) is 23.7 Å². The number of hydrogen-bond donors (Lipinski definition) is 2. The van der Waals surface area contributed by atoms with Gasteiger partial charge in [-0.05, 0) is 31.5 Å². The van der Waals surface area contributed by atoms with Crippen molar-refractivity contribution in [1.82, 2.24) is 5.32 Å². The minimum absolute atomic E-state index is 0. The van der Waals surface area contributed by atoms with Crippen molar-refractivity contribution >= 4 is 29.9 Å². The van der Waals surface area contributed by atoms with E-state index >= 15 is 0 Å². The summed E-state index contributed by atoms with van der Waals surface area (Å²) < 4.78 is 0. The van der Waals surface area contributed by atoms with E-state index in [-0.39, 0.29) is 24.4 Å². The van der Waals surface area contributed by atoms with Gasteiger partial charge in [-0.25, -0.2) is 0 Å². The molecule has 0 unspecified atom stereocenters. The van der Waals surface area contributed by atoms with E-state index in [0.717, 1.165) is 5.56 Å². The molecular formula is C11H16Cl2N2O. The molecule has 1 aromatic rings. The summed E-state index contributed by atoms with van der Waals surface area (Å²) in [5, 5.41) is 3.46. The van der Waals surface area contributed by atoms with E-state index in [1.54, 1.807) is 13.0 Å². The van der Waals surface area contributed by atoms with E-state index in [1.165, 1.54) is 0 Å². The van der Waals surface area contributed by atoms with Gasteiger partial charge in [0.25, 0.3) is 0 Å². The molecule has 1 amide bonds. The summed E-state index contributed by atoms with van der Waals surface area (Å²) in [5.41, 5.74) is 6.42. The van der Waals surface area contributed by atoms with Gasteiger partial charge in [0.05, 0.1) is 12.1 Å². The second-order valence-electron chi connectivity index (χ2n) is 3.57. The van der Waals surface area contributed by atoms with Crippen molar-refractivity contribution in [2.45, 2.75) is 25.9 Å². The summed E-state index contributed by atoms with van der Waals surface area (Å²) in [6.07, 6.45) is 0. The third-order valence-corrected chi connectivity index (χ3v) is 2.36. The fraction of sp³-hybridized carbons (Fsp3) is 0.364. The minimum atomic E-state index is -0.494. The lowest BCUT2D eigenvalue weighted by atomic mass is 10.1. The van der Waals surface area contributed by atoms with Gasteiger partial charge in [0.2, 0.25) is 5.91 Å². The van der Waals surface area contributed by atoms with Crippen LogP contribution in [0.15, 0.2) is 24.3 Å². The van der Waals surface area contributed by atoms with Gasteiger partial charge in [0, 0.05) is 5.02 Å². The molecule has 0 aliphatic heterocycles. The number of nitrogens with one attached hydrogen (secondary N) is 1. The van der Waals surface area contributed by atoms with E-state index in [4.69, 9.17) is 17.3 Å². The van der Waals surface area contributed by atoms with Gasteiger partial charge in [-0.2, -0.15) is 0 Å². The first-order valence-electron chi connectivity index (χ1n) is 4.82. The van der Waals surface area contributed by atoms with Crippen LogP contribution in [0.2, 0.25) is 5.02 Å². The summed E-state index contributed by atoms with van der Waals surface area (Å²) in [6.45, 7) is 3.55. The molecule has 0 bridgehead atoms. The van der Waals surface area contributed by atoms with Gasteiger partial charge in [-0.3, -0.25) is 4.79 Å². The number of carbonyl (C=O) groups is 1. The fourth-order valence-corrected chi connectivity index (χ4v) is 1.40. The standard InChI is InChI=1S/C11H15ClN2O.ClH/c1-7(13)11(15)14-8(2)9-4-3-5-10(12)6-9;/h3-8H,13H2,1-2H3,(H,14,15);1H/t7-,8-;/m1./s1.